The summed E-state index contributed by atoms with van der Waals surface area (Å²) in [6, 6.07) is 6.81. The van der Waals surface area contributed by atoms with Gasteiger partial charge in [-0.2, -0.15) is 0 Å². The fourth-order valence-electron chi connectivity index (χ4n) is 3.72. The fourth-order valence-corrected chi connectivity index (χ4v) is 4.68. The van der Waals surface area contributed by atoms with E-state index in [1.54, 1.807) is 23.5 Å². The largest absolute Gasteiger partial charge is 0.360 e. The van der Waals surface area contributed by atoms with Crippen molar-refractivity contribution in [3.63, 3.8) is 0 Å². The maximum atomic E-state index is 13.2. The van der Waals surface area contributed by atoms with Gasteiger partial charge in [0.15, 0.2) is 5.13 Å². The standard InChI is InChI=1S/C20H25FN4OS/c1-2-24(16-9-10-16)20-23-15(13-27-20)12-22-19(26)18-4-3-11-25(18)17-7-5-14(21)6-8-17/h5-8,13,16,18H,2-4,9-12H2,1H3,(H,22,26)/t18-/m1/s1. The lowest BCUT2D eigenvalue weighted by Gasteiger charge is -2.25. The van der Waals surface area contributed by atoms with Gasteiger partial charge in [-0.3, -0.25) is 4.79 Å². The summed E-state index contributed by atoms with van der Waals surface area (Å²) in [6.45, 7) is 4.40. The molecule has 4 rings (SSSR count). The Morgan fingerprint density at radius 3 is 2.81 bits per heavy atom. The van der Waals surface area contributed by atoms with Crippen LogP contribution in [0.15, 0.2) is 29.6 Å². The Morgan fingerprint density at radius 2 is 2.11 bits per heavy atom. The molecule has 1 saturated carbocycles. The number of thiazole rings is 1. The number of anilines is 2. The second-order valence-electron chi connectivity index (χ2n) is 7.18. The van der Waals surface area contributed by atoms with Crippen molar-refractivity contribution in [2.24, 2.45) is 0 Å². The van der Waals surface area contributed by atoms with E-state index in [0.29, 0.717) is 12.6 Å². The van der Waals surface area contributed by atoms with E-state index in [2.05, 4.69) is 22.0 Å². The van der Waals surface area contributed by atoms with Crippen LogP contribution in [0.5, 0.6) is 0 Å². The minimum Gasteiger partial charge on any atom is -0.360 e. The van der Waals surface area contributed by atoms with E-state index in [1.807, 2.05) is 5.38 Å². The zero-order valence-corrected chi connectivity index (χ0v) is 16.3. The van der Waals surface area contributed by atoms with Crippen LogP contribution in [-0.2, 0) is 11.3 Å². The summed E-state index contributed by atoms with van der Waals surface area (Å²) in [5, 5.41) is 6.13. The molecule has 2 aliphatic rings. The molecular weight excluding hydrogens is 363 g/mol. The Morgan fingerprint density at radius 1 is 1.33 bits per heavy atom. The molecule has 2 heterocycles. The third-order valence-corrected chi connectivity index (χ3v) is 6.20. The molecule has 5 nitrogen and oxygen atoms in total. The van der Waals surface area contributed by atoms with Crippen molar-refractivity contribution >= 4 is 28.1 Å². The maximum Gasteiger partial charge on any atom is 0.243 e. The summed E-state index contributed by atoms with van der Waals surface area (Å²) in [4.78, 5) is 21.8. The van der Waals surface area contributed by atoms with E-state index in [1.165, 1.54) is 25.0 Å². The fraction of sp³-hybridized carbons (Fsp3) is 0.500. The number of carbonyl (C=O) groups is 1. The van der Waals surface area contributed by atoms with Gasteiger partial charge in [0.05, 0.1) is 12.2 Å². The summed E-state index contributed by atoms with van der Waals surface area (Å²) in [5.41, 5.74) is 1.81. The van der Waals surface area contributed by atoms with Crippen LogP contribution in [0.4, 0.5) is 15.2 Å². The van der Waals surface area contributed by atoms with Gasteiger partial charge in [0.25, 0.3) is 0 Å². The highest BCUT2D eigenvalue weighted by Gasteiger charge is 2.31. The zero-order chi connectivity index (χ0) is 18.8. The van der Waals surface area contributed by atoms with E-state index >= 15 is 0 Å². The van der Waals surface area contributed by atoms with Crippen LogP contribution in [0, 0.1) is 5.82 Å². The Balaban J connectivity index is 1.36. The number of nitrogens with one attached hydrogen (secondary N) is 1. The van der Waals surface area contributed by atoms with Crippen molar-refractivity contribution < 1.29 is 9.18 Å². The van der Waals surface area contributed by atoms with Crippen molar-refractivity contribution in [3.05, 3.63) is 41.2 Å². The van der Waals surface area contributed by atoms with Gasteiger partial charge in [-0.25, -0.2) is 9.37 Å². The summed E-state index contributed by atoms with van der Waals surface area (Å²) in [5.74, 6) is -0.244. The van der Waals surface area contributed by atoms with Gasteiger partial charge in [-0.05, 0) is 56.9 Å². The number of carbonyl (C=O) groups excluding carboxylic acids is 1. The van der Waals surface area contributed by atoms with Gasteiger partial charge in [0.2, 0.25) is 5.91 Å². The quantitative estimate of drug-likeness (QED) is 0.788. The molecule has 0 unspecified atom stereocenters. The summed E-state index contributed by atoms with van der Waals surface area (Å²) in [6.07, 6.45) is 4.28. The number of rotatable bonds is 7. The van der Waals surface area contributed by atoms with Gasteiger partial charge < -0.3 is 15.1 Å². The number of aromatic nitrogens is 1. The number of hydrogen-bond acceptors (Lipinski definition) is 5. The molecule has 0 radical (unpaired) electrons. The predicted molar refractivity (Wildman–Crippen MR) is 107 cm³/mol. The van der Waals surface area contributed by atoms with Crippen LogP contribution >= 0.6 is 11.3 Å². The number of nitrogens with zero attached hydrogens (tertiary/aromatic N) is 3. The molecule has 1 aliphatic carbocycles. The Hall–Kier alpha value is -2.15. The molecule has 144 valence electrons. The highest BCUT2D eigenvalue weighted by atomic mass is 32.1. The number of halogens is 1. The maximum absolute atomic E-state index is 13.2. The summed E-state index contributed by atoms with van der Waals surface area (Å²) >= 11 is 1.65. The highest BCUT2D eigenvalue weighted by molar-refractivity contribution is 7.13. The Bertz CT molecular complexity index is 790. The summed E-state index contributed by atoms with van der Waals surface area (Å²) in [7, 11) is 0. The van der Waals surface area contributed by atoms with Crippen LogP contribution < -0.4 is 15.1 Å². The van der Waals surface area contributed by atoms with Crippen molar-refractivity contribution in [2.75, 3.05) is 22.9 Å². The van der Waals surface area contributed by atoms with Crippen LogP contribution in [0.1, 0.15) is 38.3 Å². The lowest BCUT2D eigenvalue weighted by molar-refractivity contribution is -0.122. The lowest BCUT2D eigenvalue weighted by atomic mass is 10.2. The number of benzene rings is 1. The van der Waals surface area contributed by atoms with Crippen LogP contribution in [0.2, 0.25) is 0 Å². The van der Waals surface area contributed by atoms with E-state index in [-0.39, 0.29) is 17.8 Å². The van der Waals surface area contributed by atoms with Gasteiger partial charge in [0, 0.05) is 30.2 Å². The monoisotopic (exact) mass is 388 g/mol. The van der Waals surface area contributed by atoms with Crippen molar-refractivity contribution in [1.82, 2.24) is 10.3 Å². The van der Waals surface area contributed by atoms with Crippen LogP contribution in [-0.4, -0.2) is 36.1 Å². The molecule has 0 bridgehead atoms. The third-order valence-electron chi connectivity index (χ3n) is 5.27. The number of amides is 1. The third kappa shape index (κ3) is 4.08. The van der Waals surface area contributed by atoms with E-state index in [0.717, 1.165) is 42.4 Å². The van der Waals surface area contributed by atoms with Crippen molar-refractivity contribution in [1.29, 1.82) is 0 Å². The molecule has 0 spiro atoms. The van der Waals surface area contributed by atoms with Gasteiger partial charge in [-0.15, -0.1) is 11.3 Å². The zero-order valence-electron chi connectivity index (χ0n) is 15.5. The second kappa shape index (κ2) is 7.84. The molecule has 2 fully saturated rings. The molecule has 27 heavy (non-hydrogen) atoms. The molecule has 1 atom stereocenters. The molecule has 1 aromatic heterocycles. The van der Waals surface area contributed by atoms with E-state index < -0.39 is 0 Å². The van der Waals surface area contributed by atoms with E-state index in [9.17, 15) is 9.18 Å². The van der Waals surface area contributed by atoms with Crippen LogP contribution in [0.3, 0.4) is 0 Å². The lowest BCUT2D eigenvalue weighted by Crippen LogP contribution is -2.43. The summed E-state index contributed by atoms with van der Waals surface area (Å²) < 4.78 is 13.2. The van der Waals surface area contributed by atoms with Crippen LogP contribution in [0.25, 0.3) is 0 Å². The van der Waals surface area contributed by atoms with E-state index in [4.69, 9.17) is 4.98 Å². The number of hydrogen-bond donors (Lipinski definition) is 1. The van der Waals surface area contributed by atoms with Gasteiger partial charge in [0.1, 0.15) is 11.9 Å². The molecule has 1 amide bonds. The van der Waals surface area contributed by atoms with Gasteiger partial charge in [-0.1, -0.05) is 0 Å². The molecule has 1 saturated heterocycles. The second-order valence-corrected chi connectivity index (χ2v) is 8.02. The molecule has 2 aromatic rings. The average molecular weight is 389 g/mol. The first-order valence-corrected chi connectivity index (χ1v) is 10.5. The molecule has 1 aromatic carbocycles. The van der Waals surface area contributed by atoms with Gasteiger partial charge >= 0.3 is 0 Å². The first kappa shape index (κ1) is 18.2. The minimum atomic E-state index is -0.259. The molecule has 1 N–H and O–H groups in total. The topological polar surface area (TPSA) is 48.5 Å². The predicted octanol–water partition coefficient (Wildman–Crippen LogP) is 3.56. The highest BCUT2D eigenvalue weighted by Crippen LogP contribution is 2.33. The smallest absolute Gasteiger partial charge is 0.243 e. The molecule has 7 heteroatoms. The van der Waals surface area contributed by atoms with Crippen molar-refractivity contribution in [3.8, 4) is 0 Å². The first-order valence-electron chi connectivity index (χ1n) is 9.66. The normalized spacial score (nSPS) is 19.3. The Kier molecular flexibility index (Phi) is 5.29. The molecule has 1 aliphatic heterocycles. The average Bonchev–Trinajstić information content (AvgIpc) is 3.19. The molecular formula is C20H25FN4OS. The first-order chi connectivity index (χ1) is 13.2. The van der Waals surface area contributed by atoms with Crippen molar-refractivity contribution in [2.45, 2.75) is 51.2 Å². The Labute approximate surface area is 163 Å². The SMILES string of the molecule is CCN(c1nc(CNC(=O)[C@H]2CCCN2c2ccc(F)cc2)cs1)C1CC1. The minimum absolute atomic E-state index is 0.0147.